The highest BCUT2D eigenvalue weighted by Crippen LogP contribution is 2.36. The van der Waals surface area contributed by atoms with Gasteiger partial charge in [-0.3, -0.25) is 14.1 Å². The Kier molecular flexibility index (Phi) is 33.8. The molecule has 0 aromatic carbocycles. The molecule has 2 N–H and O–H groups in total. The SMILES string of the molecule is CCCCC/C=C/C/C=C/CCCCCCCC(=O)O[C@H](COC(=O)CCCCC/C=C/CCCCCCCCCC)COP(=O)(O)O. The first-order chi connectivity index (χ1) is 23.3. The van der Waals surface area contributed by atoms with Gasteiger partial charge >= 0.3 is 19.8 Å². The van der Waals surface area contributed by atoms with Crippen molar-refractivity contribution in [3.05, 3.63) is 36.5 Å². The van der Waals surface area contributed by atoms with Gasteiger partial charge in [-0.2, -0.15) is 0 Å². The van der Waals surface area contributed by atoms with Crippen molar-refractivity contribution < 1.29 is 37.9 Å². The second-order valence-corrected chi connectivity index (χ2v) is 14.1. The fourth-order valence-electron chi connectivity index (χ4n) is 5.22. The van der Waals surface area contributed by atoms with Gasteiger partial charge in [0, 0.05) is 12.8 Å². The highest BCUT2D eigenvalue weighted by Gasteiger charge is 2.22. The number of esters is 2. The summed E-state index contributed by atoms with van der Waals surface area (Å²) >= 11 is 0. The standard InChI is InChI=1S/C39H71O8P/c1-3-5-7-9-11-13-15-17-19-21-23-25-27-29-31-33-38(40)45-35-37(36-46-48(42,43)44)47-39(41)34-32-30-28-26-24-22-20-18-16-14-12-10-8-6-4-2/h12,14,18,20-21,23,37H,3-11,13,15-17,19,22,24-36H2,1-2H3,(H2,42,43,44)/b14-12+,20-18+,23-21+/t37-/m1/s1. The zero-order valence-corrected chi connectivity index (χ0v) is 31.5. The van der Waals surface area contributed by atoms with Gasteiger partial charge in [-0.05, 0) is 70.6 Å². The van der Waals surface area contributed by atoms with Crippen LogP contribution in [0.3, 0.4) is 0 Å². The summed E-state index contributed by atoms with van der Waals surface area (Å²) in [4.78, 5) is 42.7. The van der Waals surface area contributed by atoms with Gasteiger partial charge in [0.05, 0.1) is 6.61 Å². The van der Waals surface area contributed by atoms with E-state index in [9.17, 15) is 14.2 Å². The molecular formula is C39H71O8P. The van der Waals surface area contributed by atoms with E-state index in [2.05, 4.69) is 54.8 Å². The minimum atomic E-state index is -4.76. The molecule has 0 aliphatic heterocycles. The number of carbonyl (C=O) groups excluding carboxylic acids is 2. The van der Waals surface area contributed by atoms with Crippen molar-refractivity contribution in [3.8, 4) is 0 Å². The Balaban J connectivity index is 4.01. The number of phosphoric acid groups is 1. The highest BCUT2D eigenvalue weighted by molar-refractivity contribution is 7.46. The molecule has 0 spiro atoms. The quantitative estimate of drug-likeness (QED) is 0.0290. The van der Waals surface area contributed by atoms with E-state index in [0.717, 1.165) is 64.2 Å². The molecule has 0 rings (SSSR count). The Labute approximate surface area is 293 Å². The van der Waals surface area contributed by atoms with E-state index < -0.39 is 32.5 Å². The molecule has 48 heavy (non-hydrogen) atoms. The third kappa shape index (κ3) is 37.1. The molecule has 0 bridgehead atoms. The van der Waals surface area contributed by atoms with E-state index in [0.29, 0.717) is 12.8 Å². The van der Waals surface area contributed by atoms with Crippen LogP contribution >= 0.6 is 7.82 Å². The second-order valence-electron chi connectivity index (χ2n) is 12.9. The number of phosphoric ester groups is 1. The average Bonchev–Trinajstić information content (AvgIpc) is 3.05. The Bertz CT molecular complexity index is 879. The molecule has 0 aliphatic carbocycles. The second kappa shape index (κ2) is 35.1. The van der Waals surface area contributed by atoms with Crippen LogP contribution in [0, 0.1) is 0 Å². The molecule has 0 aromatic heterocycles. The summed E-state index contributed by atoms with van der Waals surface area (Å²) in [6.45, 7) is 3.62. The lowest BCUT2D eigenvalue weighted by Gasteiger charge is -2.18. The van der Waals surface area contributed by atoms with Crippen LogP contribution in [0.15, 0.2) is 36.5 Å². The highest BCUT2D eigenvalue weighted by atomic mass is 31.2. The van der Waals surface area contributed by atoms with Crippen molar-refractivity contribution in [3.63, 3.8) is 0 Å². The van der Waals surface area contributed by atoms with Crippen molar-refractivity contribution in [2.24, 2.45) is 0 Å². The van der Waals surface area contributed by atoms with E-state index in [1.807, 2.05) is 0 Å². The molecule has 8 nitrogen and oxygen atoms in total. The molecular weight excluding hydrogens is 627 g/mol. The molecule has 0 unspecified atom stereocenters. The summed E-state index contributed by atoms with van der Waals surface area (Å²) in [7, 11) is -4.76. The summed E-state index contributed by atoms with van der Waals surface area (Å²) in [6.07, 6.45) is 40.0. The van der Waals surface area contributed by atoms with Crippen LogP contribution in [0.5, 0.6) is 0 Å². The molecule has 0 fully saturated rings. The minimum Gasteiger partial charge on any atom is -0.462 e. The van der Waals surface area contributed by atoms with E-state index in [4.69, 9.17) is 19.3 Å². The summed E-state index contributed by atoms with van der Waals surface area (Å²) in [5, 5.41) is 0. The first-order valence-electron chi connectivity index (χ1n) is 19.3. The molecule has 0 aromatic rings. The van der Waals surface area contributed by atoms with Crippen LogP contribution in [0.2, 0.25) is 0 Å². The summed E-state index contributed by atoms with van der Waals surface area (Å²) in [5.41, 5.74) is 0. The van der Waals surface area contributed by atoms with Crippen LogP contribution < -0.4 is 0 Å². The van der Waals surface area contributed by atoms with Crippen molar-refractivity contribution in [2.45, 2.75) is 187 Å². The number of ether oxygens (including phenoxy) is 2. The monoisotopic (exact) mass is 698 g/mol. The maximum absolute atomic E-state index is 12.4. The van der Waals surface area contributed by atoms with Crippen LogP contribution in [-0.4, -0.2) is 41.0 Å². The number of rotatable bonds is 35. The van der Waals surface area contributed by atoms with Crippen LogP contribution in [0.25, 0.3) is 0 Å². The van der Waals surface area contributed by atoms with Gasteiger partial charge in [-0.25, -0.2) is 4.57 Å². The first kappa shape index (κ1) is 46.3. The number of unbranched alkanes of at least 4 members (excludes halogenated alkanes) is 19. The van der Waals surface area contributed by atoms with Gasteiger partial charge in [0.15, 0.2) is 6.10 Å². The van der Waals surface area contributed by atoms with E-state index in [1.165, 1.54) is 77.0 Å². The van der Waals surface area contributed by atoms with Gasteiger partial charge in [0.2, 0.25) is 0 Å². The number of allylic oxidation sites excluding steroid dienone is 6. The predicted octanol–water partition coefficient (Wildman–Crippen LogP) is 11.4. The molecule has 1 atom stereocenters. The number of hydrogen-bond acceptors (Lipinski definition) is 6. The largest absolute Gasteiger partial charge is 0.469 e. The maximum Gasteiger partial charge on any atom is 0.469 e. The lowest BCUT2D eigenvalue weighted by Crippen LogP contribution is -2.29. The number of carbonyl (C=O) groups is 2. The van der Waals surface area contributed by atoms with Crippen LogP contribution in [0.1, 0.15) is 181 Å². The van der Waals surface area contributed by atoms with Crippen molar-refractivity contribution in [2.75, 3.05) is 13.2 Å². The lowest BCUT2D eigenvalue weighted by molar-refractivity contribution is -0.161. The molecule has 0 saturated carbocycles. The number of hydrogen-bond donors (Lipinski definition) is 2. The molecule has 0 saturated heterocycles. The van der Waals surface area contributed by atoms with Crippen molar-refractivity contribution in [1.82, 2.24) is 0 Å². The fraction of sp³-hybridized carbons (Fsp3) is 0.795. The first-order valence-corrected chi connectivity index (χ1v) is 20.8. The van der Waals surface area contributed by atoms with Gasteiger partial charge in [0.1, 0.15) is 6.61 Å². The van der Waals surface area contributed by atoms with Crippen LogP contribution in [0.4, 0.5) is 0 Å². The molecule has 0 aliphatic rings. The Morgan fingerprint density at radius 2 is 0.938 bits per heavy atom. The Morgan fingerprint density at radius 3 is 1.46 bits per heavy atom. The zero-order chi connectivity index (χ0) is 35.4. The van der Waals surface area contributed by atoms with Gasteiger partial charge < -0.3 is 19.3 Å². The summed E-state index contributed by atoms with van der Waals surface area (Å²) < 4.78 is 26.3. The third-order valence-corrected chi connectivity index (χ3v) is 8.62. The third-order valence-electron chi connectivity index (χ3n) is 8.13. The maximum atomic E-state index is 12.4. The zero-order valence-electron chi connectivity index (χ0n) is 30.6. The van der Waals surface area contributed by atoms with E-state index >= 15 is 0 Å². The average molecular weight is 699 g/mol. The van der Waals surface area contributed by atoms with Crippen molar-refractivity contribution in [1.29, 1.82) is 0 Å². The fourth-order valence-corrected chi connectivity index (χ4v) is 5.58. The topological polar surface area (TPSA) is 119 Å². The lowest BCUT2D eigenvalue weighted by atomic mass is 10.1. The molecule has 280 valence electrons. The summed E-state index contributed by atoms with van der Waals surface area (Å²) in [6, 6.07) is 0. The Hall–Kier alpha value is -1.73. The van der Waals surface area contributed by atoms with E-state index in [1.54, 1.807) is 0 Å². The molecule has 0 radical (unpaired) electrons. The Morgan fingerprint density at radius 1 is 0.542 bits per heavy atom. The molecule has 0 amide bonds. The minimum absolute atomic E-state index is 0.193. The summed E-state index contributed by atoms with van der Waals surface area (Å²) in [5.74, 6) is -0.919. The van der Waals surface area contributed by atoms with Crippen LogP contribution in [-0.2, 0) is 28.2 Å². The predicted molar refractivity (Wildman–Crippen MR) is 198 cm³/mol. The van der Waals surface area contributed by atoms with E-state index in [-0.39, 0.29) is 19.4 Å². The van der Waals surface area contributed by atoms with Gasteiger partial charge in [-0.15, -0.1) is 0 Å². The molecule has 9 heteroatoms. The normalized spacial score (nSPS) is 12.8. The smallest absolute Gasteiger partial charge is 0.462 e. The van der Waals surface area contributed by atoms with Crippen molar-refractivity contribution >= 4 is 19.8 Å². The molecule has 0 heterocycles. The van der Waals surface area contributed by atoms with Gasteiger partial charge in [0.25, 0.3) is 0 Å². The van der Waals surface area contributed by atoms with Gasteiger partial charge in [-0.1, -0.05) is 134 Å².